The van der Waals surface area contributed by atoms with Gasteiger partial charge >= 0.3 is 5.97 Å². The van der Waals surface area contributed by atoms with Gasteiger partial charge in [0.05, 0.1) is 18.5 Å². The normalized spacial score (nSPS) is 11.8. The van der Waals surface area contributed by atoms with Gasteiger partial charge in [-0.25, -0.2) is 4.79 Å². The van der Waals surface area contributed by atoms with Crippen molar-refractivity contribution in [2.24, 2.45) is 0 Å². The maximum absolute atomic E-state index is 12.3. The van der Waals surface area contributed by atoms with Crippen molar-refractivity contribution in [3.63, 3.8) is 0 Å². The molecule has 0 bridgehead atoms. The number of hydrogen-bond donors (Lipinski definition) is 3. The first-order chi connectivity index (χ1) is 13.5. The molecule has 1 aromatic carbocycles. The average Bonchev–Trinajstić information content (AvgIpc) is 3.31. The number of aromatic nitrogens is 1. The van der Waals surface area contributed by atoms with E-state index in [0.29, 0.717) is 4.88 Å². The molecular weight excluding hydrogens is 378 g/mol. The van der Waals surface area contributed by atoms with Crippen LogP contribution < -0.4 is 10.6 Å². The summed E-state index contributed by atoms with van der Waals surface area (Å²) in [6.07, 6.45) is 2.09. The van der Waals surface area contributed by atoms with Crippen LogP contribution in [0, 0.1) is 6.92 Å². The van der Waals surface area contributed by atoms with Gasteiger partial charge in [0.2, 0.25) is 5.91 Å². The third-order valence-corrected chi connectivity index (χ3v) is 5.29. The minimum Gasteiger partial charge on any atom is -0.467 e. The SMILES string of the molecule is COC(=O)[C@@H](Cc1c[nH]c2ccccc12)NC(=O)CNC(=O)c1ccc(C)s1. The standard InChI is InChI=1S/C20H21N3O4S/c1-12-7-8-17(28-12)19(25)22-11-18(24)23-16(20(26)27-2)9-13-10-21-15-6-4-3-5-14(13)15/h3-8,10,16,21H,9,11H2,1-2H3,(H,22,25)(H,23,24)/t16-/m1/s1. The van der Waals surface area contributed by atoms with Gasteiger partial charge in [-0.05, 0) is 30.7 Å². The molecular formula is C20H21N3O4S. The van der Waals surface area contributed by atoms with Crippen LogP contribution in [0.4, 0.5) is 0 Å². The molecule has 0 fully saturated rings. The molecule has 0 aliphatic carbocycles. The zero-order valence-electron chi connectivity index (χ0n) is 15.6. The van der Waals surface area contributed by atoms with E-state index in [1.807, 2.05) is 43.5 Å². The zero-order valence-corrected chi connectivity index (χ0v) is 16.4. The number of aryl methyl sites for hydroxylation is 1. The van der Waals surface area contributed by atoms with Crippen molar-refractivity contribution in [2.75, 3.05) is 13.7 Å². The van der Waals surface area contributed by atoms with E-state index >= 15 is 0 Å². The number of thiophene rings is 1. The molecule has 0 unspecified atom stereocenters. The Bertz CT molecular complexity index is 1010. The molecule has 0 radical (unpaired) electrons. The number of amides is 2. The van der Waals surface area contributed by atoms with Gasteiger partial charge < -0.3 is 20.4 Å². The number of fused-ring (bicyclic) bond motifs is 1. The van der Waals surface area contributed by atoms with Gasteiger partial charge in [0.15, 0.2) is 0 Å². The number of hydrogen-bond acceptors (Lipinski definition) is 5. The first-order valence-electron chi connectivity index (χ1n) is 8.74. The number of carbonyl (C=O) groups is 3. The predicted molar refractivity (Wildman–Crippen MR) is 107 cm³/mol. The first-order valence-corrected chi connectivity index (χ1v) is 9.56. The second kappa shape index (κ2) is 8.71. The van der Waals surface area contributed by atoms with Gasteiger partial charge in [-0.2, -0.15) is 0 Å². The lowest BCUT2D eigenvalue weighted by Gasteiger charge is -2.16. The number of benzene rings is 1. The summed E-state index contributed by atoms with van der Waals surface area (Å²) in [7, 11) is 1.28. The highest BCUT2D eigenvalue weighted by molar-refractivity contribution is 7.13. The van der Waals surface area contributed by atoms with Crippen molar-refractivity contribution < 1.29 is 19.1 Å². The van der Waals surface area contributed by atoms with Gasteiger partial charge in [-0.3, -0.25) is 9.59 Å². The predicted octanol–water partition coefficient (Wildman–Crippen LogP) is 2.17. The fourth-order valence-corrected chi connectivity index (χ4v) is 3.69. The van der Waals surface area contributed by atoms with E-state index in [2.05, 4.69) is 15.6 Å². The molecule has 0 aliphatic heterocycles. The number of nitrogens with one attached hydrogen (secondary N) is 3. The summed E-state index contributed by atoms with van der Waals surface area (Å²) in [5, 5.41) is 6.19. The topological polar surface area (TPSA) is 100 Å². The maximum Gasteiger partial charge on any atom is 0.328 e. The Kier molecular flexibility index (Phi) is 6.10. The van der Waals surface area contributed by atoms with E-state index in [1.165, 1.54) is 18.4 Å². The first kappa shape index (κ1) is 19.6. The minimum atomic E-state index is -0.849. The summed E-state index contributed by atoms with van der Waals surface area (Å²) in [6, 6.07) is 10.4. The number of aromatic amines is 1. The van der Waals surface area contributed by atoms with Crippen LogP contribution in [-0.4, -0.2) is 42.5 Å². The Balaban J connectivity index is 1.62. The molecule has 2 aromatic heterocycles. The number of para-hydroxylation sites is 1. The lowest BCUT2D eigenvalue weighted by molar-refractivity contribution is -0.144. The van der Waals surface area contributed by atoms with Gasteiger partial charge in [0.1, 0.15) is 6.04 Å². The molecule has 3 rings (SSSR count). The molecule has 2 heterocycles. The molecule has 3 N–H and O–H groups in total. The summed E-state index contributed by atoms with van der Waals surface area (Å²) in [5.74, 6) is -1.32. The van der Waals surface area contributed by atoms with Crippen LogP contribution in [0.2, 0.25) is 0 Å². The Morgan fingerprint density at radius 3 is 2.68 bits per heavy atom. The molecule has 8 heteroatoms. The van der Waals surface area contributed by atoms with Crippen LogP contribution in [-0.2, 0) is 20.7 Å². The smallest absolute Gasteiger partial charge is 0.328 e. The lowest BCUT2D eigenvalue weighted by Crippen LogP contribution is -2.47. The summed E-state index contributed by atoms with van der Waals surface area (Å²) >= 11 is 1.35. The highest BCUT2D eigenvalue weighted by atomic mass is 32.1. The third kappa shape index (κ3) is 4.58. The highest BCUT2D eigenvalue weighted by Crippen LogP contribution is 2.19. The van der Waals surface area contributed by atoms with Crippen molar-refractivity contribution in [3.05, 3.63) is 57.9 Å². The number of carbonyl (C=O) groups excluding carboxylic acids is 3. The van der Waals surface area contributed by atoms with Crippen LogP contribution >= 0.6 is 11.3 Å². The number of rotatable bonds is 7. The van der Waals surface area contributed by atoms with Crippen molar-refractivity contribution in [1.82, 2.24) is 15.6 Å². The molecule has 1 atom stereocenters. The van der Waals surface area contributed by atoms with E-state index in [9.17, 15) is 14.4 Å². The number of ether oxygens (including phenoxy) is 1. The quantitative estimate of drug-likeness (QED) is 0.530. The molecule has 0 saturated heterocycles. The summed E-state index contributed by atoms with van der Waals surface area (Å²) in [6.45, 7) is 1.68. The van der Waals surface area contributed by atoms with Crippen molar-refractivity contribution in [2.45, 2.75) is 19.4 Å². The van der Waals surface area contributed by atoms with Crippen LogP contribution in [0.5, 0.6) is 0 Å². The Labute approximate surface area is 166 Å². The molecule has 7 nitrogen and oxygen atoms in total. The number of methoxy groups -OCH3 is 1. The molecule has 28 heavy (non-hydrogen) atoms. The van der Waals surface area contributed by atoms with Crippen LogP contribution in [0.15, 0.2) is 42.6 Å². The minimum absolute atomic E-state index is 0.225. The third-order valence-electron chi connectivity index (χ3n) is 4.29. The Morgan fingerprint density at radius 1 is 1.18 bits per heavy atom. The highest BCUT2D eigenvalue weighted by Gasteiger charge is 2.23. The maximum atomic E-state index is 12.3. The Hall–Kier alpha value is -3.13. The Morgan fingerprint density at radius 2 is 1.96 bits per heavy atom. The van der Waals surface area contributed by atoms with Gasteiger partial charge in [-0.15, -0.1) is 11.3 Å². The summed E-state index contributed by atoms with van der Waals surface area (Å²) in [4.78, 5) is 41.2. The largest absolute Gasteiger partial charge is 0.467 e. The molecule has 146 valence electrons. The monoisotopic (exact) mass is 399 g/mol. The summed E-state index contributed by atoms with van der Waals surface area (Å²) < 4.78 is 4.82. The average molecular weight is 399 g/mol. The van der Waals surface area contributed by atoms with E-state index in [4.69, 9.17) is 4.74 Å². The molecule has 0 aliphatic rings. The second-order valence-corrected chi connectivity index (χ2v) is 7.59. The van der Waals surface area contributed by atoms with Crippen molar-refractivity contribution >= 4 is 40.0 Å². The fourth-order valence-electron chi connectivity index (χ4n) is 2.91. The van der Waals surface area contributed by atoms with E-state index < -0.39 is 17.9 Å². The van der Waals surface area contributed by atoms with E-state index in [-0.39, 0.29) is 18.9 Å². The van der Waals surface area contributed by atoms with Gasteiger partial charge in [-0.1, -0.05) is 18.2 Å². The van der Waals surface area contributed by atoms with Crippen LogP contribution in [0.25, 0.3) is 10.9 Å². The molecule has 3 aromatic rings. The lowest BCUT2D eigenvalue weighted by atomic mass is 10.0. The number of H-pyrrole nitrogens is 1. The molecule has 0 saturated carbocycles. The van der Waals surface area contributed by atoms with E-state index in [0.717, 1.165) is 21.3 Å². The molecule has 2 amide bonds. The summed E-state index contributed by atoms with van der Waals surface area (Å²) in [5.41, 5.74) is 1.84. The second-order valence-electron chi connectivity index (χ2n) is 6.30. The van der Waals surface area contributed by atoms with Crippen molar-refractivity contribution in [1.29, 1.82) is 0 Å². The van der Waals surface area contributed by atoms with Crippen molar-refractivity contribution in [3.8, 4) is 0 Å². The van der Waals surface area contributed by atoms with Crippen LogP contribution in [0.3, 0.4) is 0 Å². The van der Waals surface area contributed by atoms with E-state index in [1.54, 1.807) is 6.07 Å². The fraction of sp³-hybridized carbons (Fsp3) is 0.250. The molecule has 0 spiro atoms. The van der Waals surface area contributed by atoms with Crippen LogP contribution in [0.1, 0.15) is 20.1 Å². The van der Waals surface area contributed by atoms with Gasteiger partial charge in [0.25, 0.3) is 5.91 Å². The zero-order chi connectivity index (χ0) is 20.1. The van der Waals surface area contributed by atoms with Gasteiger partial charge in [0, 0.05) is 28.4 Å². The number of esters is 1.